The number of thiophene rings is 1. The summed E-state index contributed by atoms with van der Waals surface area (Å²) < 4.78 is 25.0. The normalized spacial score (nSPS) is 26.9. The fraction of sp³-hybridized carbons (Fsp3) is 0.615. The lowest BCUT2D eigenvalue weighted by molar-refractivity contribution is -0.131. The number of sulfonamides is 1. The summed E-state index contributed by atoms with van der Waals surface area (Å²) in [6.45, 7) is 1.21. The first-order chi connectivity index (χ1) is 9.47. The Bertz CT molecular complexity index is 597. The van der Waals surface area contributed by atoms with Gasteiger partial charge < -0.3 is 4.90 Å². The van der Waals surface area contributed by atoms with Gasteiger partial charge in [-0.3, -0.25) is 4.79 Å². The van der Waals surface area contributed by atoms with Gasteiger partial charge in [0.25, 0.3) is 0 Å². The van der Waals surface area contributed by atoms with Crippen molar-refractivity contribution in [1.82, 2.24) is 9.21 Å². The van der Waals surface area contributed by atoms with Crippen molar-refractivity contribution in [2.75, 3.05) is 19.3 Å². The molecule has 0 radical (unpaired) electrons. The minimum absolute atomic E-state index is 0.0164. The molecule has 0 N–H and O–H groups in total. The van der Waals surface area contributed by atoms with Gasteiger partial charge in [0.05, 0.1) is 12.7 Å². The standard InChI is InChI=1S/C13H18N2O3S2/c1-20(17,18)15-7-5-11-12(15)4-6-14(11)13(16)9-10-3-2-8-19-10/h2-3,8,11-12H,4-7,9H2,1H3/t11-,12+/m1/s1. The molecule has 0 spiro atoms. The number of fused-ring (bicyclic) bond motifs is 1. The Kier molecular flexibility index (Phi) is 3.60. The molecule has 5 nitrogen and oxygen atoms in total. The van der Waals surface area contributed by atoms with Crippen LogP contribution in [0.15, 0.2) is 17.5 Å². The fourth-order valence-corrected chi connectivity index (χ4v) is 5.20. The summed E-state index contributed by atoms with van der Waals surface area (Å²) in [5.74, 6) is 0.121. The minimum atomic E-state index is -3.16. The second kappa shape index (κ2) is 5.13. The molecule has 0 unspecified atom stereocenters. The smallest absolute Gasteiger partial charge is 0.228 e. The van der Waals surface area contributed by atoms with E-state index in [1.54, 1.807) is 15.6 Å². The van der Waals surface area contributed by atoms with Crippen molar-refractivity contribution in [2.45, 2.75) is 31.3 Å². The van der Waals surface area contributed by atoms with E-state index in [2.05, 4.69) is 0 Å². The number of likely N-dealkylation sites (tertiary alicyclic amines) is 1. The molecule has 3 heterocycles. The van der Waals surface area contributed by atoms with Crippen molar-refractivity contribution >= 4 is 27.3 Å². The van der Waals surface area contributed by atoms with Crippen LogP contribution in [0.2, 0.25) is 0 Å². The maximum atomic E-state index is 12.4. The van der Waals surface area contributed by atoms with Gasteiger partial charge in [0.15, 0.2) is 0 Å². The number of rotatable bonds is 3. The van der Waals surface area contributed by atoms with Crippen LogP contribution < -0.4 is 0 Å². The van der Waals surface area contributed by atoms with Gasteiger partial charge in [-0.25, -0.2) is 8.42 Å². The summed E-state index contributed by atoms with van der Waals surface area (Å²) in [5.41, 5.74) is 0. The molecule has 0 aliphatic carbocycles. The van der Waals surface area contributed by atoms with E-state index in [1.165, 1.54) is 6.26 Å². The van der Waals surface area contributed by atoms with Crippen LogP contribution in [-0.2, 0) is 21.2 Å². The Hall–Kier alpha value is -0.920. The van der Waals surface area contributed by atoms with Crippen molar-refractivity contribution in [3.63, 3.8) is 0 Å². The Morgan fingerprint density at radius 2 is 2.10 bits per heavy atom. The van der Waals surface area contributed by atoms with E-state index in [4.69, 9.17) is 0 Å². The zero-order chi connectivity index (χ0) is 14.3. The molecule has 2 fully saturated rings. The van der Waals surface area contributed by atoms with Gasteiger partial charge >= 0.3 is 0 Å². The monoisotopic (exact) mass is 314 g/mol. The molecule has 2 aliphatic rings. The number of amides is 1. The topological polar surface area (TPSA) is 57.7 Å². The second-order valence-electron chi connectivity index (χ2n) is 5.43. The highest BCUT2D eigenvalue weighted by molar-refractivity contribution is 7.88. The highest BCUT2D eigenvalue weighted by Crippen LogP contribution is 2.33. The van der Waals surface area contributed by atoms with Gasteiger partial charge in [0, 0.05) is 30.1 Å². The molecule has 2 saturated heterocycles. The third-order valence-corrected chi connectivity index (χ3v) is 6.36. The molecule has 20 heavy (non-hydrogen) atoms. The van der Waals surface area contributed by atoms with Gasteiger partial charge in [-0.05, 0) is 24.3 Å². The van der Waals surface area contributed by atoms with E-state index in [-0.39, 0.29) is 18.0 Å². The van der Waals surface area contributed by atoms with E-state index >= 15 is 0 Å². The van der Waals surface area contributed by atoms with E-state index in [0.717, 1.165) is 17.7 Å². The zero-order valence-corrected chi connectivity index (χ0v) is 13.0. The van der Waals surface area contributed by atoms with E-state index in [1.807, 2.05) is 22.4 Å². The van der Waals surface area contributed by atoms with E-state index in [9.17, 15) is 13.2 Å². The van der Waals surface area contributed by atoms with Crippen LogP contribution in [-0.4, -0.2) is 55.0 Å². The van der Waals surface area contributed by atoms with Crippen LogP contribution in [0.3, 0.4) is 0 Å². The summed E-state index contributed by atoms with van der Waals surface area (Å²) in [6.07, 6.45) is 3.20. The van der Waals surface area contributed by atoms with Crippen molar-refractivity contribution < 1.29 is 13.2 Å². The van der Waals surface area contributed by atoms with Crippen LogP contribution >= 0.6 is 11.3 Å². The molecular weight excluding hydrogens is 296 g/mol. The molecule has 2 aliphatic heterocycles. The van der Waals surface area contributed by atoms with Crippen LogP contribution in [0.25, 0.3) is 0 Å². The number of carbonyl (C=O) groups is 1. The average molecular weight is 314 g/mol. The third-order valence-electron chi connectivity index (χ3n) is 4.18. The maximum Gasteiger partial charge on any atom is 0.228 e. The Morgan fingerprint density at radius 1 is 1.35 bits per heavy atom. The number of carbonyl (C=O) groups excluding carboxylic acids is 1. The Morgan fingerprint density at radius 3 is 2.75 bits per heavy atom. The molecule has 110 valence electrons. The lowest BCUT2D eigenvalue weighted by atomic mass is 10.1. The van der Waals surface area contributed by atoms with Crippen molar-refractivity contribution in [3.05, 3.63) is 22.4 Å². The van der Waals surface area contributed by atoms with Crippen molar-refractivity contribution in [3.8, 4) is 0 Å². The summed E-state index contributed by atoms with van der Waals surface area (Å²) in [5, 5.41) is 1.97. The number of hydrogen-bond acceptors (Lipinski definition) is 4. The first kappa shape index (κ1) is 14.0. The Balaban J connectivity index is 1.71. The first-order valence-corrected chi connectivity index (χ1v) is 9.48. The largest absolute Gasteiger partial charge is 0.338 e. The SMILES string of the molecule is CS(=O)(=O)N1CC[C@@H]2[C@@H]1CCN2C(=O)Cc1cccs1. The van der Waals surface area contributed by atoms with E-state index in [0.29, 0.717) is 19.5 Å². The molecule has 0 saturated carbocycles. The highest BCUT2D eigenvalue weighted by Gasteiger charge is 2.47. The average Bonchev–Trinajstić information content (AvgIpc) is 3.02. The molecule has 2 atom stereocenters. The Labute approximate surface area is 123 Å². The molecule has 1 aromatic heterocycles. The van der Waals surface area contributed by atoms with Gasteiger partial charge in [0.2, 0.25) is 15.9 Å². The maximum absolute atomic E-state index is 12.4. The summed E-state index contributed by atoms with van der Waals surface area (Å²) in [4.78, 5) is 15.3. The molecule has 3 rings (SSSR count). The van der Waals surface area contributed by atoms with Gasteiger partial charge in [-0.2, -0.15) is 4.31 Å². The summed E-state index contributed by atoms with van der Waals surface area (Å²) in [7, 11) is -3.16. The van der Waals surface area contributed by atoms with E-state index < -0.39 is 10.0 Å². The molecular formula is C13H18N2O3S2. The van der Waals surface area contributed by atoms with Crippen LogP contribution in [0.4, 0.5) is 0 Å². The summed E-state index contributed by atoms with van der Waals surface area (Å²) in [6, 6.07) is 3.96. The van der Waals surface area contributed by atoms with Crippen molar-refractivity contribution in [1.29, 1.82) is 0 Å². The quantitative estimate of drug-likeness (QED) is 0.834. The van der Waals surface area contributed by atoms with Gasteiger partial charge in [-0.1, -0.05) is 6.07 Å². The second-order valence-corrected chi connectivity index (χ2v) is 8.40. The molecule has 7 heteroatoms. The summed E-state index contributed by atoms with van der Waals surface area (Å²) >= 11 is 1.59. The molecule has 1 amide bonds. The third kappa shape index (κ3) is 2.49. The molecule has 0 aromatic carbocycles. The van der Waals surface area contributed by atoms with Crippen LogP contribution in [0.5, 0.6) is 0 Å². The zero-order valence-electron chi connectivity index (χ0n) is 11.4. The van der Waals surface area contributed by atoms with Gasteiger partial charge in [-0.15, -0.1) is 11.3 Å². The van der Waals surface area contributed by atoms with Crippen LogP contribution in [0, 0.1) is 0 Å². The van der Waals surface area contributed by atoms with Crippen molar-refractivity contribution in [2.24, 2.45) is 0 Å². The minimum Gasteiger partial charge on any atom is -0.338 e. The predicted octanol–water partition coefficient (Wildman–Crippen LogP) is 0.925. The fourth-order valence-electron chi connectivity index (χ4n) is 3.33. The molecule has 1 aromatic rings. The molecule has 0 bridgehead atoms. The number of hydrogen-bond donors (Lipinski definition) is 0. The lowest BCUT2D eigenvalue weighted by Gasteiger charge is -2.24. The highest BCUT2D eigenvalue weighted by atomic mass is 32.2. The predicted molar refractivity (Wildman–Crippen MR) is 78.1 cm³/mol. The first-order valence-electron chi connectivity index (χ1n) is 6.75. The van der Waals surface area contributed by atoms with Gasteiger partial charge in [0.1, 0.15) is 0 Å². The lowest BCUT2D eigenvalue weighted by Crippen LogP contribution is -2.41. The number of nitrogens with zero attached hydrogens (tertiary/aromatic N) is 2. The van der Waals surface area contributed by atoms with Crippen LogP contribution in [0.1, 0.15) is 17.7 Å².